The number of fused-ring (bicyclic) bond motifs is 2. The first-order valence-corrected chi connectivity index (χ1v) is 10.5. The van der Waals surface area contributed by atoms with E-state index < -0.39 is 0 Å². The van der Waals surface area contributed by atoms with Crippen LogP contribution >= 0.6 is 0 Å². The summed E-state index contributed by atoms with van der Waals surface area (Å²) in [6, 6.07) is 8.38. The van der Waals surface area contributed by atoms with Crippen molar-refractivity contribution in [2.24, 2.45) is 0 Å². The Kier molecular flexibility index (Phi) is 4.60. The molecule has 0 aliphatic heterocycles. The predicted molar refractivity (Wildman–Crippen MR) is 123 cm³/mol. The fraction of sp³-hybridized carbons (Fsp3) is 0.400. The van der Waals surface area contributed by atoms with Crippen LogP contribution in [0.3, 0.4) is 0 Å². The summed E-state index contributed by atoms with van der Waals surface area (Å²) in [5.41, 5.74) is 7.33. The normalized spacial score (nSPS) is 12.8. The van der Waals surface area contributed by atoms with Crippen LogP contribution in [0.5, 0.6) is 0 Å². The van der Waals surface area contributed by atoms with E-state index in [1.54, 1.807) is 0 Å². The van der Waals surface area contributed by atoms with E-state index >= 15 is 0 Å². The van der Waals surface area contributed by atoms with Gasteiger partial charge in [-0.25, -0.2) is 0 Å². The molecule has 0 saturated heterocycles. The van der Waals surface area contributed by atoms with Crippen LogP contribution in [0.4, 0.5) is 0 Å². The van der Waals surface area contributed by atoms with Gasteiger partial charge in [-0.3, -0.25) is 9.89 Å². The van der Waals surface area contributed by atoms with Gasteiger partial charge in [0.05, 0.1) is 10.9 Å². The lowest BCUT2D eigenvalue weighted by Crippen LogP contribution is -2.24. The molecule has 4 rings (SSSR count). The minimum atomic E-state index is -0.196. The van der Waals surface area contributed by atoms with Gasteiger partial charge < -0.3 is 4.98 Å². The van der Waals surface area contributed by atoms with Gasteiger partial charge >= 0.3 is 0 Å². The number of hydrogen-bond donors (Lipinski definition) is 2. The molecule has 0 atom stereocenters. The van der Waals surface area contributed by atoms with Crippen LogP contribution in [-0.4, -0.2) is 20.4 Å². The predicted octanol–water partition coefficient (Wildman–Crippen LogP) is 5.23. The van der Waals surface area contributed by atoms with Crippen molar-refractivity contribution in [1.82, 2.24) is 20.4 Å². The highest BCUT2D eigenvalue weighted by molar-refractivity contribution is 5.90. The van der Waals surface area contributed by atoms with Crippen molar-refractivity contribution in [2.45, 2.75) is 65.7 Å². The number of aryl methyl sites for hydroxylation is 2. The van der Waals surface area contributed by atoms with E-state index in [1.807, 2.05) is 12.3 Å². The highest BCUT2D eigenvalue weighted by Crippen LogP contribution is 2.37. The molecule has 0 aliphatic carbocycles. The second-order valence-electron chi connectivity index (χ2n) is 10.1. The molecule has 30 heavy (non-hydrogen) atoms. The van der Waals surface area contributed by atoms with Crippen molar-refractivity contribution in [1.29, 1.82) is 0 Å². The standard InChI is InChI=1S/C25H30N4O/c1-14-8-10-17-16(13-26-23(30)19(17)20(14)24(3,4)5)12-25(6,7)21-15(2)9-11-18-22(21)28-29-27-18/h8-11,13H,12H2,1-7H3,(H,26,30)(H,27,28,29). The molecule has 2 heterocycles. The molecule has 0 spiro atoms. The molecule has 0 amide bonds. The molecular formula is C25H30N4O. The fourth-order valence-electron chi connectivity index (χ4n) is 5.06. The van der Waals surface area contributed by atoms with Gasteiger partial charge in [-0.05, 0) is 70.4 Å². The first-order chi connectivity index (χ1) is 14.0. The van der Waals surface area contributed by atoms with Crippen LogP contribution in [0.2, 0.25) is 0 Å². The number of hydrogen-bond acceptors (Lipinski definition) is 3. The van der Waals surface area contributed by atoms with Crippen LogP contribution in [0.15, 0.2) is 35.3 Å². The second kappa shape index (κ2) is 6.79. The molecule has 5 nitrogen and oxygen atoms in total. The number of rotatable bonds is 3. The largest absolute Gasteiger partial charge is 0.328 e. The third kappa shape index (κ3) is 3.22. The Bertz CT molecular complexity index is 1320. The van der Waals surface area contributed by atoms with Gasteiger partial charge in [0.25, 0.3) is 5.56 Å². The van der Waals surface area contributed by atoms with Crippen LogP contribution in [0.1, 0.15) is 62.4 Å². The van der Waals surface area contributed by atoms with E-state index in [9.17, 15) is 4.79 Å². The smallest absolute Gasteiger partial charge is 0.256 e. The first-order valence-electron chi connectivity index (χ1n) is 10.5. The SMILES string of the molecule is Cc1ccc2[nH]nnc2c1C(C)(C)Cc1c[nH]c(=O)c2c(C(C)(C)C)c(C)ccc12. The summed E-state index contributed by atoms with van der Waals surface area (Å²) in [6.45, 7) is 15.2. The van der Waals surface area contributed by atoms with Gasteiger partial charge in [0.1, 0.15) is 5.52 Å². The van der Waals surface area contributed by atoms with Gasteiger partial charge in [-0.2, -0.15) is 0 Å². The van der Waals surface area contributed by atoms with Crippen LogP contribution in [0, 0.1) is 13.8 Å². The molecule has 0 radical (unpaired) electrons. The van der Waals surface area contributed by atoms with E-state index in [0.29, 0.717) is 0 Å². The molecule has 2 aromatic heterocycles. The monoisotopic (exact) mass is 402 g/mol. The third-order valence-corrected chi connectivity index (χ3v) is 6.13. The maximum Gasteiger partial charge on any atom is 0.256 e. The molecule has 0 saturated carbocycles. The van der Waals surface area contributed by atoms with Gasteiger partial charge in [-0.1, -0.05) is 58.0 Å². The lowest BCUT2D eigenvalue weighted by molar-refractivity contribution is 0.524. The third-order valence-electron chi connectivity index (χ3n) is 6.13. The number of nitrogens with zero attached hydrogens (tertiary/aromatic N) is 2. The number of aromatic nitrogens is 4. The van der Waals surface area contributed by atoms with Crippen molar-refractivity contribution in [3.05, 3.63) is 68.6 Å². The summed E-state index contributed by atoms with van der Waals surface area (Å²) in [7, 11) is 0. The lowest BCUT2D eigenvalue weighted by atomic mass is 9.75. The van der Waals surface area contributed by atoms with Gasteiger partial charge in [0.2, 0.25) is 0 Å². The van der Waals surface area contributed by atoms with Crippen molar-refractivity contribution in [3.8, 4) is 0 Å². The molecule has 2 aromatic carbocycles. The second-order valence-corrected chi connectivity index (χ2v) is 10.1. The summed E-state index contributed by atoms with van der Waals surface area (Å²) in [6.07, 6.45) is 2.66. The molecule has 0 unspecified atom stereocenters. The van der Waals surface area contributed by atoms with Crippen LogP contribution in [0.25, 0.3) is 21.8 Å². The van der Waals surface area contributed by atoms with E-state index in [4.69, 9.17) is 0 Å². The Labute approximate surface area is 176 Å². The average Bonchev–Trinajstić information content (AvgIpc) is 3.10. The van der Waals surface area contributed by atoms with E-state index in [-0.39, 0.29) is 16.4 Å². The van der Waals surface area contributed by atoms with Crippen LogP contribution in [-0.2, 0) is 17.3 Å². The number of nitrogens with one attached hydrogen (secondary N) is 2. The van der Waals surface area contributed by atoms with Crippen molar-refractivity contribution in [3.63, 3.8) is 0 Å². The number of aromatic amines is 2. The average molecular weight is 403 g/mol. The minimum Gasteiger partial charge on any atom is -0.328 e. The molecule has 2 N–H and O–H groups in total. The van der Waals surface area contributed by atoms with Crippen molar-refractivity contribution < 1.29 is 0 Å². The van der Waals surface area contributed by atoms with E-state index in [1.165, 1.54) is 11.1 Å². The minimum absolute atomic E-state index is 0.0186. The topological polar surface area (TPSA) is 74.4 Å². The summed E-state index contributed by atoms with van der Waals surface area (Å²) in [5.74, 6) is 0. The molecule has 0 bridgehead atoms. The maximum absolute atomic E-state index is 12.9. The van der Waals surface area contributed by atoms with Crippen molar-refractivity contribution >= 4 is 21.8 Å². The van der Waals surface area contributed by atoms with Gasteiger partial charge in [0.15, 0.2) is 0 Å². The quantitative estimate of drug-likeness (QED) is 0.492. The molecule has 156 valence electrons. The number of H-pyrrole nitrogens is 2. The highest BCUT2D eigenvalue weighted by Gasteiger charge is 2.29. The molecule has 4 aromatic rings. The number of pyridine rings is 1. The zero-order chi connectivity index (χ0) is 21.8. The summed E-state index contributed by atoms with van der Waals surface area (Å²) >= 11 is 0. The molecular weight excluding hydrogens is 372 g/mol. The lowest BCUT2D eigenvalue weighted by Gasteiger charge is -2.29. The zero-order valence-electron chi connectivity index (χ0n) is 18.9. The Morgan fingerprint density at radius 3 is 2.30 bits per heavy atom. The fourth-order valence-corrected chi connectivity index (χ4v) is 5.06. The summed E-state index contributed by atoms with van der Waals surface area (Å²) in [5, 5.41) is 13.2. The Morgan fingerprint density at radius 2 is 1.60 bits per heavy atom. The molecule has 0 aliphatic rings. The zero-order valence-corrected chi connectivity index (χ0v) is 18.9. The number of benzene rings is 2. The van der Waals surface area contributed by atoms with Gasteiger partial charge in [0, 0.05) is 6.20 Å². The highest BCUT2D eigenvalue weighted by atomic mass is 16.1. The molecule has 5 heteroatoms. The van der Waals surface area contributed by atoms with E-state index in [2.05, 4.69) is 87.1 Å². The maximum atomic E-state index is 12.9. The van der Waals surface area contributed by atoms with E-state index in [0.717, 1.165) is 44.9 Å². The van der Waals surface area contributed by atoms with Crippen molar-refractivity contribution in [2.75, 3.05) is 0 Å². The Balaban J connectivity index is 1.93. The Hall–Kier alpha value is -2.95. The molecule has 0 fully saturated rings. The summed E-state index contributed by atoms with van der Waals surface area (Å²) < 4.78 is 0. The first kappa shape index (κ1) is 20.3. The Morgan fingerprint density at radius 1 is 0.933 bits per heavy atom. The van der Waals surface area contributed by atoms with Gasteiger partial charge in [-0.15, -0.1) is 5.10 Å². The van der Waals surface area contributed by atoms with Crippen LogP contribution < -0.4 is 5.56 Å². The summed E-state index contributed by atoms with van der Waals surface area (Å²) in [4.78, 5) is 15.9.